The molecule has 0 aliphatic carbocycles. The van der Waals surface area contributed by atoms with E-state index in [2.05, 4.69) is 4.90 Å². The quantitative estimate of drug-likeness (QED) is 0.663. The van der Waals surface area contributed by atoms with Crippen LogP contribution in [0.15, 0.2) is 57.7 Å². The molecule has 3 heterocycles. The van der Waals surface area contributed by atoms with Gasteiger partial charge in [-0.1, -0.05) is 30.3 Å². The normalized spacial score (nSPS) is 19.8. The van der Waals surface area contributed by atoms with Crippen LogP contribution in [0.4, 0.5) is 0 Å². The number of benzene rings is 2. The fourth-order valence-corrected chi connectivity index (χ4v) is 3.95. The van der Waals surface area contributed by atoms with Gasteiger partial charge in [-0.25, -0.2) is 4.79 Å². The maximum absolute atomic E-state index is 12.6. The van der Waals surface area contributed by atoms with Crippen LogP contribution < -0.4 is 10.4 Å². The van der Waals surface area contributed by atoms with E-state index in [0.717, 1.165) is 48.3 Å². The van der Waals surface area contributed by atoms with Crippen LogP contribution in [0.5, 0.6) is 5.75 Å². The van der Waals surface area contributed by atoms with Crippen molar-refractivity contribution in [1.82, 2.24) is 4.90 Å². The van der Waals surface area contributed by atoms with Crippen molar-refractivity contribution >= 4 is 11.0 Å². The molecule has 0 bridgehead atoms. The summed E-state index contributed by atoms with van der Waals surface area (Å²) in [6.07, 6.45) is 2.48. The zero-order valence-corrected chi connectivity index (χ0v) is 15.0. The molecule has 5 rings (SSSR count). The zero-order chi connectivity index (χ0) is 18.2. The molecule has 0 radical (unpaired) electrons. The fraction of sp³-hybridized carbons (Fsp3) is 0.318. The molecule has 2 aromatic carbocycles. The first kappa shape index (κ1) is 16.5. The number of rotatable bonds is 3. The molecular formula is C22H21NO4. The Balaban J connectivity index is 1.52. The van der Waals surface area contributed by atoms with Crippen LogP contribution >= 0.6 is 0 Å². The van der Waals surface area contributed by atoms with Crippen molar-refractivity contribution in [2.45, 2.75) is 25.5 Å². The molecule has 1 aromatic heterocycles. The molecule has 5 heteroatoms. The van der Waals surface area contributed by atoms with Gasteiger partial charge in [0.25, 0.3) is 0 Å². The summed E-state index contributed by atoms with van der Waals surface area (Å²) in [7, 11) is 0. The van der Waals surface area contributed by atoms with Gasteiger partial charge in [0, 0.05) is 25.1 Å². The minimum Gasteiger partial charge on any atom is -0.478 e. The van der Waals surface area contributed by atoms with Crippen molar-refractivity contribution < 1.29 is 13.9 Å². The molecule has 3 aromatic rings. The number of nitrogens with zero attached hydrogens (tertiary/aromatic N) is 1. The lowest BCUT2D eigenvalue weighted by Gasteiger charge is -2.30. The highest BCUT2D eigenvalue weighted by Gasteiger charge is 2.25. The van der Waals surface area contributed by atoms with Crippen molar-refractivity contribution in [1.29, 1.82) is 0 Å². The number of hydrogen-bond acceptors (Lipinski definition) is 5. The Bertz CT molecular complexity index is 1020. The van der Waals surface area contributed by atoms with Crippen molar-refractivity contribution in [3.63, 3.8) is 0 Å². The summed E-state index contributed by atoms with van der Waals surface area (Å²) < 4.78 is 17.4. The van der Waals surface area contributed by atoms with Gasteiger partial charge in [0.15, 0.2) is 0 Å². The van der Waals surface area contributed by atoms with Gasteiger partial charge in [0.05, 0.1) is 17.2 Å². The van der Waals surface area contributed by atoms with E-state index in [1.165, 1.54) is 0 Å². The standard InChI is InChI=1S/C22H21NO4/c24-22-18(15-5-2-1-3-6-15)11-16-8-9-20-19(21(16)27-22)13-23(14-26-20)12-17-7-4-10-25-17/h1-3,5-6,8-9,11,17H,4,7,10,12-14H2/t17-/m0/s1. The van der Waals surface area contributed by atoms with Crippen LogP contribution in [0, 0.1) is 0 Å². The monoisotopic (exact) mass is 363 g/mol. The maximum Gasteiger partial charge on any atom is 0.344 e. The highest BCUT2D eigenvalue weighted by Crippen LogP contribution is 2.33. The Morgan fingerprint density at radius 2 is 2.00 bits per heavy atom. The third-order valence-electron chi connectivity index (χ3n) is 5.32. The molecule has 2 aliphatic heterocycles. The molecule has 1 atom stereocenters. The summed E-state index contributed by atoms with van der Waals surface area (Å²) in [6.45, 7) is 2.91. The molecule has 1 saturated heterocycles. The summed E-state index contributed by atoms with van der Waals surface area (Å²) in [6, 6.07) is 15.4. The van der Waals surface area contributed by atoms with Crippen molar-refractivity contribution in [3.05, 3.63) is 64.5 Å². The highest BCUT2D eigenvalue weighted by molar-refractivity contribution is 5.86. The van der Waals surface area contributed by atoms with E-state index in [1.807, 2.05) is 48.5 Å². The van der Waals surface area contributed by atoms with E-state index in [1.54, 1.807) is 0 Å². The second kappa shape index (κ2) is 6.83. The summed E-state index contributed by atoms with van der Waals surface area (Å²) in [5, 5.41) is 0.912. The average Bonchev–Trinajstić information content (AvgIpc) is 3.21. The molecule has 0 N–H and O–H groups in total. The smallest absolute Gasteiger partial charge is 0.344 e. The van der Waals surface area contributed by atoms with Crippen LogP contribution in [0.25, 0.3) is 22.1 Å². The molecule has 2 aliphatic rings. The molecule has 27 heavy (non-hydrogen) atoms. The molecule has 0 amide bonds. The first-order valence-corrected chi connectivity index (χ1v) is 9.40. The largest absolute Gasteiger partial charge is 0.478 e. The van der Waals surface area contributed by atoms with E-state index >= 15 is 0 Å². The minimum absolute atomic E-state index is 0.266. The van der Waals surface area contributed by atoms with Crippen LogP contribution in [0.1, 0.15) is 18.4 Å². The molecular weight excluding hydrogens is 342 g/mol. The van der Waals surface area contributed by atoms with Gasteiger partial charge in [-0.15, -0.1) is 0 Å². The summed E-state index contributed by atoms with van der Waals surface area (Å²) in [5.74, 6) is 0.793. The summed E-state index contributed by atoms with van der Waals surface area (Å²) in [4.78, 5) is 14.8. The van der Waals surface area contributed by atoms with E-state index in [9.17, 15) is 4.79 Å². The Morgan fingerprint density at radius 3 is 2.81 bits per heavy atom. The third kappa shape index (κ3) is 3.13. The Morgan fingerprint density at radius 1 is 1.11 bits per heavy atom. The molecule has 0 saturated carbocycles. The van der Waals surface area contributed by atoms with E-state index in [-0.39, 0.29) is 11.7 Å². The second-order valence-electron chi connectivity index (χ2n) is 7.19. The van der Waals surface area contributed by atoms with Gasteiger partial charge in [-0.3, -0.25) is 4.90 Å². The molecule has 5 nitrogen and oxygen atoms in total. The van der Waals surface area contributed by atoms with Gasteiger partial charge in [0.2, 0.25) is 0 Å². The predicted octanol–water partition coefficient (Wildman–Crippen LogP) is 3.79. The lowest BCUT2D eigenvalue weighted by atomic mass is 10.0. The summed E-state index contributed by atoms with van der Waals surface area (Å²) >= 11 is 0. The van der Waals surface area contributed by atoms with E-state index < -0.39 is 0 Å². The van der Waals surface area contributed by atoms with Crippen molar-refractivity contribution in [2.24, 2.45) is 0 Å². The first-order chi connectivity index (χ1) is 13.3. The van der Waals surface area contributed by atoms with Crippen molar-refractivity contribution in [3.8, 4) is 16.9 Å². The molecule has 138 valence electrons. The second-order valence-corrected chi connectivity index (χ2v) is 7.19. The van der Waals surface area contributed by atoms with E-state index in [4.69, 9.17) is 13.9 Å². The Kier molecular flexibility index (Phi) is 4.19. The van der Waals surface area contributed by atoms with Crippen LogP contribution in [-0.4, -0.2) is 30.9 Å². The van der Waals surface area contributed by atoms with Crippen molar-refractivity contribution in [2.75, 3.05) is 19.9 Å². The van der Waals surface area contributed by atoms with Gasteiger partial charge in [-0.05, 0) is 36.6 Å². The third-order valence-corrected chi connectivity index (χ3v) is 5.32. The zero-order valence-electron chi connectivity index (χ0n) is 15.0. The lowest BCUT2D eigenvalue weighted by Crippen LogP contribution is -2.37. The fourth-order valence-electron chi connectivity index (χ4n) is 3.95. The highest BCUT2D eigenvalue weighted by atomic mass is 16.5. The molecule has 0 spiro atoms. The number of ether oxygens (including phenoxy) is 2. The predicted molar refractivity (Wildman–Crippen MR) is 103 cm³/mol. The summed E-state index contributed by atoms with van der Waals surface area (Å²) in [5.41, 5.74) is 2.68. The van der Waals surface area contributed by atoms with Gasteiger partial charge in [0.1, 0.15) is 18.1 Å². The average molecular weight is 363 g/mol. The first-order valence-electron chi connectivity index (χ1n) is 9.40. The van der Waals surface area contributed by atoms with Crippen LogP contribution in [-0.2, 0) is 11.3 Å². The molecule has 1 fully saturated rings. The van der Waals surface area contributed by atoms with E-state index in [0.29, 0.717) is 24.4 Å². The Hall–Kier alpha value is -2.63. The minimum atomic E-state index is -0.321. The molecule has 0 unspecified atom stereocenters. The van der Waals surface area contributed by atoms with Gasteiger partial charge >= 0.3 is 5.63 Å². The number of hydrogen-bond donors (Lipinski definition) is 0. The number of fused-ring (bicyclic) bond motifs is 3. The lowest BCUT2D eigenvalue weighted by molar-refractivity contribution is 0.0281. The van der Waals surface area contributed by atoms with Gasteiger partial charge in [-0.2, -0.15) is 0 Å². The van der Waals surface area contributed by atoms with Crippen LogP contribution in [0.3, 0.4) is 0 Å². The van der Waals surface area contributed by atoms with Crippen LogP contribution in [0.2, 0.25) is 0 Å². The van der Waals surface area contributed by atoms with Gasteiger partial charge < -0.3 is 13.9 Å². The topological polar surface area (TPSA) is 51.9 Å². The Labute approximate surface area is 157 Å². The maximum atomic E-state index is 12.6. The SMILES string of the molecule is O=c1oc2c3c(ccc2cc1-c1ccccc1)OCN(C[C@@H]1CCCO1)C3.